The molecular formula is C23H27NO6. The van der Waals surface area contributed by atoms with E-state index >= 15 is 0 Å². The van der Waals surface area contributed by atoms with Gasteiger partial charge in [0.2, 0.25) is 12.5 Å². The lowest BCUT2D eigenvalue weighted by atomic mass is 9.87. The van der Waals surface area contributed by atoms with Gasteiger partial charge in [-0.15, -0.1) is 0 Å². The first-order valence-electron chi connectivity index (χ1n) is 9.98. The molecule has 1 atom stereocenters. The highest BCUT2D eigenvalue weighted by Gasteiger charge is 2.35. The molecule has 7 nitrogen and oxygen atoms in total. The maximum absolute atomic E-state index is 13.2. The fourth-order valence-corrected chi connectivity index (χ4v) is 4.37. The van der Waals surface area contributed by atoms with Gasteiger partial charge in [-0.1, -0.05) is 6.07 Å². The lowest BCUT2D eigenvalue weighted by Crippen LogP contribution is -2.34. The highest BCUT2D eigenvalue weighted by Crippen LogP contribution is 2.50. The first-order chi connectivity index (χ1) is 14.6. The zero-order chi connectivity index (χ0) is 21.3. The predicted octanol–water partition coefficient (Wildman–Crippen LogP) is 3.17. The van der Waals surface area contributed by atoms with Crippen LogP contribution in [0.1, 0.15) is 29.2 Å². The van der Waals surface area contributed by atoms with Crippen LogP contribution in [0.25, 0.3) is 0 Å². The number of nitrogens with zero attached hydrogens (tertiary/aromatic N) is 1. The Hall–Kier alpha value is -2.93. The Bertz CT molecular complexity index is 935. The fraction of sp³-hybridized carbons (Fsp3) is 0.435. The van der Waals surface area contributed by atoms with Crippen LogP contribution in [-0.2, 0) is 17.6 Å². The molecule has 0 fully saturated rings. The lowest BCUT2D eigenvalue weighted by molar-refractivity contribution is -0.119. The van der Waals surface area contributed by atoms with Gasteiger partial charge >= 0.3 is 0 Å². The second-order valence-corrected chi connectivity index (χ2v) is 7.52. The highest BCUT2D eigenvalue weighted by molar-refractivity contribution is 5.83. The Balaban J connectivity index is 1.64. The fourth-order valence-electron chi connectivity index (χ4n) is 4.37. The van der Waals surface area contributed by atoms with Crippen molar-refractivity contribution in [3.8, 4) is 28.7 Å². The summed E-state index contributed by atoms with van der Waals surface area (Å²) in [6.45, 7) is 1.04. The van der Waals surface area contributed by atoms with Gasteiger partial charge in [0.05, 0.1) is 21.3 Å². The van der Waals surface area contributed by atoms with Crippen LogP contribution >= 0.6 is 0 Å². The number of benzene rings is 2. The molecule has 0 bridgehead atoms. The molecule has 2 aromatic rings. The highest BCUT2D eigenvalue weighted by atomic mass is 16.7. The Morgan fingerprint density at radius 1 is 1.13 bits per heavy atom. The SMILES string of the molecule is COc1cccc(OC)c1CC(=O)CC1c2c(cc3c(c2OC)OCO3)CCN1C. The molecule has 0 N–H and O–H groups in total. The van der Waals surface area contributed by atoms with Gasteiger partial charge in [-0.2, -0.15) is 0 Å². The number of methoxy groups -OCH3 is 3. The topological polar surface area (TPSA) is 66.5 Å². The molecule has 0 radical (unpaired) electrons. The molecule has 2 aromatic carbocycles. The molecule has 0 aliphatic carbocycles. The van der Waals surface area contributed by atoms with E-state index in [2.05, 4.69) is 4.90 Å². The third-order valence-corrected chi connectivity index (χ3v) is 5.87. The van der Waals surface area contributed by atoms with E-state index in [9.17, 15) is 4.79 Å². The molecule has 2 aliphatic heterocycles. The molecule has 2 aliphatic rings. The second-order valence-electron chi connectivity index (χ2n) is 7.52. The maximum Gasteiger partial charge on any atom is 0.231 e. The third kappa shape index (κ3) is 3.54. The lowest BCUT2D eigenvalue weighted by Gasteiger charge is -2.35. The van der Waals surface area contributed by atoms with Crippen LogP contribution in [0.15, 0.2) is 24.3 Å². The van der Waals surface area contributed by atoms with Gasteiger partial charge in [0, 0.05) is 36.6 Å². The van der Waals surface area contributed by atoms with Crippen molar-refractivity contribution < 1.29 is 28.5 Å². The Morgan fingerprint density at radius 3 is 2.53 bits per heavy atom. The predicted molar refractivity (Wildman–Crippen MR) is 111 cm³/mol. The zero-order valence-corrected chi connectivity index (χ0v) is 17.8. The molecule has 30 heavy (non-hydrogen) atoms. The van der Waals surface area contributed by atoms with Gasteiger partial charge in [0.15, 0.2) is 11.5 Å². The number of hydrogen-bond donors (Lipinski definition) is 0. The molecule has 4 rings (SSSR count). The van der Waals surface area contributed by atoms with Gasteiger partial charge in [-0.3, -0.25) is 9.69 Å². The average Bonchev–Trinajstić information content (AvgIpc) is 3.22. The molecule has 7 heteroatoms. The van der Waals surface area contributed by atoms with Gasteiger partial charge < -0.3 is 23.7 Å². The number of carbonyl (C=O) groups is 1. The molecular weight excluding hydrogens is 386 g/mol. The van der Waals surface area contributed by atoms with E-state index in [1.807, 2.05) is 31.3 Å². The van der Waals surface area contributed by atoms with Crippen LogP contribution in [-0.4, -0.2) is 52.4 Å². The normalized spacial score (nSPS) is 17.4. The Morgan fingerprint density at radius 2 is 1.87 bits per heavy atom. The quantitative estimate of drug-likeness (QED) is 0.691. The van der Waals surface area contributed by atoms with Crippen LogP contribution < -0.4 is 23.7 Å². The molecule has 0 aromatic heterocycles. The summed E-state index contributed by atoms with van der Waals surface area (Å²) in [6, 6.07) is 7.46. The van der Waals surface area contributed by atoms with Crippen molar-refractivity contribution in [2.45, 2.75) is 25.3 Å². The number of ether oxygens (including phenoxy) is 5. The molecule has 0 spiro atoms. The number of likely N-dealkylation sites (N-methyl/N-ethyl adjacent to an activating group) is 1. The number of rotatable bonds is 7. The largest absolute Gasteiger partial charge is 0.496 e. The molecule has 0 saturated carbocycles. The van der Waals surface area contributed by atoms with Crippen LogP contribution in [0.4, 0.5) is 0 Å². The summed E-state index contributed by atoms with van der Waals surface area (Å²) in [5.74, 6) is 3.40. The van der Waals surface area contributed by atoms with Crippen molar-refractivity contribution in [1.82, 2.24) is 4.90 Å². The number of Topliss-reactive ketones (excluding diaryl/α,β-unsaturated/α-hetero) is 1. The van der Waals surface area contributed by atoms with Gasteiger partial charge in [0.25, 0.3) is 0 Å². The molecule has 0 saturated heterocycles. The van der Waals surface area contributed by atoms with Crippen LogP contribution in [0.5, 0.6) is 28.7 Å². The zero-order valence-electron chi connectivity index (χ0n) is 17.8. The van der Waals surface area contributed by atoms with Crippen LogP contribution in [0.2, 0.25) is 0 Å². The van der Waals surface area contributed by atoms with Crippen molar-refractivity contribution >= 4 is 5.78 Å². The summed E-state index contributed by atoms with van der Waals surface area (Å²) in [5.41, 5.74) is 2.92. The minimum atomic E-state index is -0.105. The standard InChI is InChI=1S/C23H27NO6/c1-24-9-8-14-10-20-22(30-13-29-20)23(28-4)21(14)17(24)12-15(25)11-16-18(26-2)6-5-7-19(16)27-3/h5-7,10,17H,8-9,11-13H2,1-4H3. The smallest absolute Gasteiger partial charge is 0.231 e. The first kappa shape index (κ1) is 20.3. The number of fused-ring (bicyclic) bond motifs is 2. The summed E-state index contributed by atoms with van der Waals surface area (Å²) < 4.78 is 27.8. The Labute approximate surface area is 176 Å². The molecule has 1 unspecified atom stereocenters. The van der Waals surface area contributed by atoms with Crippen LogP contribution in [0, 0.1) is 0 Å². The van der Waals surface area contributed by atoms with Crippen LogP contribution in [0.3, 0.4) is 0 Å². The molecule has 0 amide bonds. The third-order valence-electron chi connectivity index (χ3n) is 5.87. The van der Waals surface area contributed by atoms with E-state index in [1.54, 1.807) is 21.3 Å². The second kappa shape index (κ2) is 8.44. The van der Waals surface area contributed by atoms with E-state index in [4.69, 9.17) is 23.7 Å². The van der Waals surface area contributed by atoms with E-state index in [-0.39, 0.29) is 25.0 Å². The van der Waals surface area contributed by atoms with Crippen molar-refractivity contribution in [2.75, 3.05) is 41.7 Å². The summed E-state index contributed by atoms with van der Waals surface area (Å²) in [5, 5.41) is 0. The van der Waals surface area contributed by atoms with E-state index in [1.165, 1.54) is 0 Å². The minimum absolute atomic E-state index is 0.0993. The van der Waals surface area contributed by atoms with E-state index in [0.29, 0.717) is 35.2 Å². The number of carbonyl (C=O) groups excluding carboxylic acids is 1. The minimum Gasteiger partial charge on any atom is -0.496 e. The Kier molecular flexibility index (Phi) is 5.72. The van der Waals surface area contributed by atoms with Gasteiger partial charge in [-0.25, -0.2) is 0 Å². The first-order valence-corrected chi connectivity index (χ1v) is 9.98. The van der Waals surface area contributed by atoms with E-state index in [0.717, 1.165) is 29.7 Å². The summed E-state index contributed by atoms with van der Waals surface area (Å²) in [7, 11) is 6.86. The summed E-state index contributed by atoms with van der Waals surface area (Å²) in [4.78, 5) is 15.4. The summed E-state index contributed by atoms with van der Waals surface area (Å²) in [6.07, 6.45) is 1.45. The summed E-state index contributed by atoms with van der Waals surface area (Å²) >= 11 is 0. The van der Waals surface area contributed by atoms with Gasteiger partial charge in [-0.05, 0) is 37.2 Å². The van der Waals surface area contributed by atoms with Crippen molar-refractivity contribution in [2.24, 2.45) is 0 Å². The van der Waals surface area contributed by atoms with Crippen molar-refractivity contribution in [3.05, 3.63) is 41.0 Å². The van der Waals surface area contributed by atoms with E-state index < -0.39 is 0 Å². The van der Waals surface area contributed by atoms with Crippen molar-refractivity contribution in [3.63, 3.8) is 0 Å². The molecule has 2 heterocycles. The molecule has 160 valence electrons. The monoisotopic (exact) mass is 413 g/mol. The maximum atomic E-state index is 13.2. The average molecular weight is 413 g/mol. The van der Waals surface area contributed by atoms with Crippen molar-refractivity contribution in [1.29, 1.82) is 0 Å². The number of ketones is 1. The van der Waals surface area contributed by atoms with Gasteiger partial charge in [0.1, 0.15) is 17.3 Å². The number of hydrogen-bond acceptors (Lipinski definition) is 7.